The third-order valence-corrected chi connectivity index (χ3v) is 2.44. The normalized spacial score (nSPS) is 11.8. The molecular formula is C12H17F2NO2. The Hall–Kier alpha value is -1.20. The molecular weight excluding hydrogens is 228 g/mol. The molecule has 0 heterocycles. The molecule has 17 heavy (non-hydrogen) atoms. The fraction of sp³-hybridized carbons (Fsp3) is 0.500. The van der Waals surface area contributed by atoms with Gasteiger partial charge < -0.3 is 15.5 Å². The number of phenols is 1. The van der Waals surface area contributed by atoms with Crippen LogP contribution in [0.4, 0.5) is 8.78 Å². The van der Waals surface area contributed by atoms with Crippen molar-refractivity contribution in [2.45, 2.75) is 20.4 Å². The van der Waals surface area contributed by atoms with Gasteiger partial charge in [0.15, 0.2) is 17.4 Å². The van der Waals surface area contributed by atoms with Crippen molar-refractivity contribution < 1.29 is 19.0 Å². The number of rotatable bonds is 5. The minimum Gasteiger partial charge on any atom is -0.503 e. The minimum absolute atomic E-state index is 0.0261. The second-order valence-corrected chi connectivity index (χ2v) is 4.83. The lowest BCUT2D eigenvalue weighted by molar-refractivity contribution is 0.156. The molecule has 1 aromatic rings. The van der Waals surface area contributed by atoms with E-state index in [0.29, 0.717) is 12.1 Å². The van der Waals surface area contributed by atoms with Gasteiger partial charge in [0, 0.05) is 25.1 Å². The lowest BCUT2D eigenvalue weighted by Crippen LogP contribution is -2.31. The summed E-state index contributed by atoms with van der Waals surface area (Å²) in [7, 11) is 0. The fourth-order valence-electron chi connectivity index (χ4n) is 1.32. The maximum atomic E-state index is 13.0. The Bertz CT molecular complexity index is 371. The van der Waals surface area contributed by atoms with Gasteiger partial charge in [-0.2, -0.15) is 0 Å². The second-order valence-electron chi connectivity index (χ2n) is 4.83. The molecule has 3 N–H and O–H groups in total. The van der Waals surface area contributed by atoms with Crippen LogP contribution in [0.3, 0.4) is 0 Å². The molecule has 0 amide bonds. The molecule has 0 unspecified atom stereocenters. The van der Waals surface area contributed by atoms with Crippen molar-refractivity contribution in [2.24, 2.45) is 5.41 Å². The van der Waals surface area contributed by atoms with E-state index in [4.69, 9.17) is 10.2 Å². The highest BCUT2D eigenvalue weighted by Crippen LogP contribution is 2.21. The van der Waals surface area contributed by atoms with Crippen molar-refractivity contribution in [3.8, 4) is 5.75 Å². The average Bonchev–Trinajstić information content (AvgIpc) is 2.25. The molecule has 0 saturated carbocycles. The van der Waals surface area contributed by atoms with Crippen LogP contribution < -0.4 is 5.32 Å². The van der Waals surface area contributed by atoms with Crippen molar-refractivity contribution in [3.05, 3.63) is 29.3 Å². The first-order valence-electron chi connectivity index (χ1n) is 5.34. The van der Waals surface area contributed by atoms with E-state index in [9.17, 15) is 8.78 Å². The van der Waals surface area contributed by atoms with Crippen LogP contribution in [0.5, 0.6) is 5.75 Å². The molecule has 0 aliphatic heterocycles. The fourth-order valence-corrected chi connectivity index (χ4v) is 1.32. The summed E-state index contributed by atoms with van der Waals surface area (Å²) in [5.41, 5.74) is 0.125. The maximum absolute atomic E-state index is 13.0. The first-order valence-corrected chi connectivity index (χ1v) is 5.34. The zero-order valence-corrected chi connectivity index (χ0v) is 9.93. The van der Waals surface area contributed by atoms with E-state index in [1.54, 1.807) is 0 Å². The summed E-state index contributed by atoms with van der Waals surface area (Å²) in [6.45, 7) is 4.57. The monoisotopic (exact) mass is 245 g/mol. The van der Waals surface area contributed by atoms with E-state index >= 15 is 0 Å². The zero-order valence-electron chi connectivity index (χ0n) is 9.93. The lowest BCUT2D eigenvalue weighted by atomic mass is 9.95. The number of hydrogen-bond acceptors (Lipinski definition) is 3. The summed E-state index contributed by atoms with van der Waals surface area (Å²) in [5, 5.41) is 20.9. The molecule has 0 atom stereocenters. The summed E-state index contributed by atoms with van der Waals surface area (Å²) in [6, 6.07) is 2.16. The SMILES string of the molecule is CC(C)(CO)CNCc1cc(F)c(O)c(F)c1. The largest absolute Gasteiger partial charge is 0.503 e. The second kappa shape index (κ2) is 5.42. The summed E-state index contributed by atoms with van der Waals surface area (Å²) in [5.74, 6) is -2.89. The Kier molecular flexibility index (Phi) is 4.42. The number of halogens is 2. The van der Waals surface area contributed by atoms with E-state index in [2.05, 4.69) is 5.32 Å². The van der Waals surface area contributed by atoms with Gasteiger partial charge in [-0.15, -0.1) is 0 Å². The smallest absolute Gasteiger partial charge is 0.187 e. The predicted octanol–water partition coefficient (Wildman–Crippen LogP) is 1.78. The third kappa shape index (κ3) is 3.94. The Morgan fingerprint density at radius 2 is 1.76 bits per heavy atom. The standard InChI is InChI=1S/C12H17F2NO2/c1-12(2,7-16)6-15-5-8-3-9(13)11(17)10(14)4-8/h3-4,15-17H,5-7H2,1-2H3. The highest BCUT2D eigenvalue weighted by Gasteiger charge is 2.16. The van der Waals surface area contributed by atoms with Crippen LogP contribution in [-0.4, -0.2) is 23.4 Å². The van der Waals surface area contributed by atoms with Gasteiger partial charge >= 0.3 is 0 Å². The first kappa shape index (κ1) is 13.9. The number of phenolic OH excluding ortho intramolecular Hbond substituents is 1. The van der Waals surface area contributed by atoms with Gasteiger partial charge in [0.1, 0.15) is 0 Å². The van der Waals surface area contributed by atoms with Crippen molar-refractivity contribution in [1.82, 2.24) is 5.32 Å². The Balaban J connectivity index is 2.59. The number of aliphatic hydroxyl groups is 1. The van der Waals surface area contributed by atoms with E-state index in [0.717, 1.165) is 12.1 Å². The van der Waals surface area contributed by atoms with Crippen LogP contribution in [0.1, 0.15) is 19.4 Å². The quantitative estimate of drug-likeness (QED) is 0.741. The molecule has 0 aliphatic rings. The van der Waals surface area contributed by atoms with Gasteiger partial charge in [0.2, 0.25) is 0 Å². The topological polar surface area (TPSA) is 52.5 Å². The van der Waals surface area contributed by atoms with Crippen molar-refractivity contribution >= 4 is 0 Å². The van der Waals surface area contributed by atoms with Crippen molar-refractivity contribution in [3.63, 3.8) is 0 Å². The number of aliphatic hydroxyl groups excluding tert-OH is 1. The number of hydrogen-bond donors (Lipinski definition) is 3. The number of benzene rings is 1. The minimum atomic E-state index is -0.969. The first-order chi connectivity index (χ1) is 7.85. The van der Waals surface area contributed by atoms with Gasteiger partial charge in [0.25, 0.3) is 0 Å². The van der Waals surface area contributed by atoms with Crippen LogP contribution in [0.15, 0.2) is 12.1 Å². The van der Waals surface area contributed by atoms with Crippen LogP contribution in [0, 0.1) is 17.0 Å². The molecule has 0 bridgehead atoms. The van der Waals surface area contributed by atoms with Gasteiger partial charge in [-0.3, -0.25) is 0 Å². The number of nitrogens with one attached hydrogen (secondary N) is 1. The Labute approximate surface area is 99.1 Å². The molecule has 0 aliphatic carbocycles. The third-order valence-electron chi connectivity index (χ3n) is 2.44. The molecule has 0 radical (unpaired) electrons. The van der Waals surface area contributed by atoms with Crippen molar-refractivity contribution in [1.29, 1.82) is 0 Å². The molecule has 5 heteroatoms. The van der Waals surface area contributed by atoms with Crippen molar-refractivity contribution in [2.75, 3.05) is 13.2 Å². The van der Waals surface area contributed by atoms with E-state index in [1.165, 1.54) is 0 Å². The molecule has 0 fully saturated rings. The van der Waals surface area contributed by atoms with Gasteiger partial charge in [-0.25, -0.2) is 8.78 Å². The van der Waals surface area contributed by atoms with Gasteiger partial charge in [-0.05, 0) is 17.7 Å². The summed E-state index contributed by atoms with van der Waals surface area (Å²) >= 11 is 0. The zero-order chi connectivity index (χ0) is 13.1. The Morgan fingerprint density at radius 1 is 1.24 bits per heavy atom. The highest BCUT2D eigenvalue weighted by molar-refractivity contribution is 5.29. The summed E-state index contributed by atoms with van der Waals surface area (Å²) in [4.78, 5) is 0. The van der Waals surface area contributed by atoms with Crippen LogP contribution in [-0.2, 0) is 6.54 Å². The van der Waals surface area contributed by atoms with E-state index < -0.39 is 17.4 Å². The van der Waals surface area contributed by atoms with Crippen LogP contribution in [0.2, 0.25) is 0 Å². The molecule has 0 aromatic heterocycles. The maximum Gasteiger partial charge on any atom is 0.187 e. The van der Waals surface area contributed by atoms with Gasteiger partial charge in [0.05, 0.1) is 0 Å². The molecule has 0 spiro atoms. The molecule has 1 aromatic carbocycles. The highest BCUT2D eigenvalue weighted by atomic mass is 19.1. The lowest BCUT2D eigenvalue weighted by Gasteiger charge is -2.21. The number of aromatic hydroxyl groups is 1. The van der Waals surface area contributed by atoms with Crippen LogP contribution in [0.25, 0.3) is 0 Å². The van der Waals surface area contributed by atoms with E-state index in [-0.39, 0.29) is 18.6 Å². The molecule has 0 saturated heterocycles. The van der Waals surface area contributed by atoms with Crippen LogP contribution >= 0.6 is 0 Å². The molecule has 1 rings (SSSR count). The van der Waals surface area contributed by atoms with Gasteiger partial charge in [-0.1, -0.05) is 13.8 Å². The molecule has 96 valence electrons. The summed E-state index contributed by atoms with van der Waals surface area (Å²) < 4.78 is 26.0. The Morgan fingerprint density at radius 3 is 2.24 bits per heavy atom. The molecule has 3 nitrogen and oxygen atoms in total. The predicted molar refractivity (Wildman–Crippen MR) is 60.6 cm³/mol. The average molecular weight is 245 g/mol. The van der Waals surface area contributed by atoms with E-state index in [1.807, 2.05) is 13.8 Å². The summed E-state index contributed by atoms with van der Waals surface area (Å²) in [6.07, 6.45) is 0.